The Hall–Kier alpha value is -2.78. The number of nitrogens with zero attached hydrogens (tertiary/aromatic N) is 4. The molecule has 1 saturated heterocycles. The molecule has 0 spiro atoms. The standard InChI is InChI=1S/C22H27F2N5O2/c1-3-15-13-31-14-16(27(15)2)8-9-25-21(30)19-12-28(20-7-5-4-6-18(19)20)17-10-26-29(11-17)22(23)24/h4-7,10-12,15-16,22H,3,8-9,13-14H2,1-2H3,(H,25,30)/t15-,16-/m0/s1. The number of halogens is 2. The highest BCUT2D eigenvalue weighted by molar-refractivity contribution is 6.07. The molecule has 9 heteroatoms. The van der Waals surface area contributed by atoms with Gasteiger partial charge in [-0.05, 0) is 26.0 Å². The van der Waals surface area contributed by atoms with E-state index in [1.807, 2.05) is 24.3 Å². The maximum atomic E-state index is 13.0. The van der Waals surface area contributed by atoms with Crippen LogP contribution in [0.2, 0.25) is 0 Å². The van der Waals surface area contributed by atoms with Crippen LogP contribution in [0.5, 0.6) is 0 Å². The summed E-state index contributed by atoms with van der Waals surface area (Å²) in [6, 6.07) is 8.08. The number of carbonyl (C=O) groups excluding carboxylic acids is 1. The molecule has 3 heterocycles. The Balaban J connectivity index is 1.49. The number of amides is 1. The van der Waals surface area contributed by atoms with Crippen molar-refractivity contribution in [3.05, 3.63) is 48.4 Å². The third kappa shape index (κ3) is 4.33. The zero-order valence-corrected chi connectivity index (χ0v) is 17.7. The number of hydrogen-bond acceptors (Lipinski definition) is 4. The molecule has 31 heavy (non-hydrogen) atoms. The first-order valence-electron chi connectivity index (χ1n) is 10.5. The number of morpholine rings is 1. The molecule has 2 atom stereocenters. The maximum absolute atomic E-state index is 13.0. The molecule has 0 bridgehead atoms. The second-order valence-corrected chi connectivity index (χ2v) is 7.85. The van der Waals surface area contributed by atoms with Gasteiger partial charge in [-0.25, -0.2) is 4.68 Å². The van der Waals surface area contributed by atoms with Gasteiger partial charge in [0.05, 0.1) is 42.4 Å². The molecule has 0 saturated carbocycles. The van der Waals surface area contributed by atoms with Crippen LogP contribution in [-0.4, -0.2) is 64.0 Å². The second kappa shape index (κ2) is 9.15. The molecule has 166 valence electrons. The van der Waals surface area contributed by atoms with Crippen LogP contribution in [0.4, 0.5) is 8.78 Å². The maximum Gasteiger partial charge on any atom is 0.333 e. The summed E-state index contributed by atoms with van der Waals surface area (Å²) < 4.78 is 33.9. The summed E-state index contributed by atoms with van der Waals surface area (Å²) in [4.78, 5) is 15.3. The first kappa shape index (κ1) is 21.5. The number of benzene rings is 1. The highest BCUT2D eigenvalue weighted by Crippen LogP contribution is 2.25. The molecular formula is C22H27F2N5O2. The predicted octanol–water partition coefficient (Wildman–Crippen LogP) is 3.45. The van der Waals surface area contributed by atoms with Crippen LogP contribution >= 0.6 is 0 Å². The molecule has 4 rings (SSSR count). The SMILES string of the molecule is CC[C@H]1COC[C@H](CCNC(=O)c2cn(-c3cnn(C(F)F)c3)c3ccccc23)N1C. The molecule has 1 aliphatic rings. The topological polar surface area (TPSA) is 64.3 Å². The lowest BCUT2D eigenvalue weighted by molar-refractivity contribution is -0.0389. The molecule has 0 radical (unpaired) electrons. The number of hydrogen-bond donors (Lipinski definition) is 1. The Morgan fingerprint density at radius 2 is 2.03 bits per heavy atom. The lowest BCUT2D eigenvalue weighted by atomic mass is 10.1. The fourth-order valence-electron chi connectivity index (χ4n) is 4.15. The van der Waals surface area contributed by atoms with Crippen molar-refractivity contribution in [1.29, 1.82) is 0 Å². The van der Waals surface area contributed by atoms with E-state index in [1.54, 1.807) is 10.8 Å². The van der Waals surface area contributed by atoms with Crippen molar-refractivity contribution >= 4 is 16.8 Å². The largest absolute Gasteiger partial charge is 0.378 e. The minimum atomic E-state index is -2.72. The molecule has 7 nitrogen and oxygen atoms in total. The van der Waals surface area contributed by atoms with E-state index >= 15 is 0 Å². The summed E-state index contributed by atoms with van der Waals surface area (Å²) in [6.07, 6.45) is 6.13. The Kier molecular flexibility index (Phi) is 6.33. The molecule has 1 fully saturated rings. The van der Waals surface area contributed by atoms with E-state index in [4.69, 9.17) is 4.74 Å². The molecule has 1 aliphatic heterocycles. The van der Waals surface area contributed by atoms with E-state index in [2.05, 4.69) is 29.3 Å². The fraction of sp³-hybridized carbons (Fsp3) is 0.455. The Bertz CT molecular complexity index is 1050. The van der Waals surface area contributed by atoms with Crippen molar-refractivity contribution in [1.82, 2.24) is 24.6 Å². The number of rotatable bonds is 7. The van der Waals surface area contributed by atoms with Gasteiger partial charge in [-0.2, -0.15) is 13.9 Å². The highest BCUT2D eigenvalue weighted by Gasteiger charge is 2.27. The van der Waals surface area contributed by atoms with E-state index in [-0.39, 0.29) is 11.9 Å². The number of likely N-dealkylation sites (N-methyl/N-ethyl adjacent to an activating group) is 1. The Labute approximate surface area is 179 Å². The van der Waals surface area contributed by atoms with Gasteiger partial charge in [-0.3, -0.25) is 9.69 Å². The summed E-state index contributed by atoms with van der Waals surface area (Å²) >= 11 is 0. The van der Waals surface area contributed by atoms with E-state index in [0.29, 0.717) is 35.1 Å². The van der Waals surface area contributed by atoms with Gasteiger partial charge < -0.3 is 14.6 Å². The predicted molar refractivity (Wildman–Crippen MR) is 114 cm³/mol. The van der Waals surface area contributed by atoms with Crippen molar-refractivity contribution < 1.29 is 18.3 Å². The summed E-state index contributed by atoms with van der Waals surface area (Å²) in [5.74, 6) is -0.192. The van der Waals surface area contributed by atoms with Gasteiger partial charge in [0, 0.05) is 30.2 Å². The Morgan fingerprint density at radius 1 is 1.26 bits per heavy atom. The van der Waals surface area contributed by atoms with Gasteiger partial charge in [0.25, 0.3) is 5.91 Å². The lowest BCUT2D eigenvalue weighted by Gasteiger charge is -2.39. The van der Waals surface area contributed by atoms with Crippen molar-refractivity contribution in [3.63, 3.8) is 0 Å². The molecule has 1 N–H and O–H groups in total. The zero-order chi connectivity index (χ0) is 22.0. The van der Waals surface area contributed by atoms with Crippen molar-refractivity contribution in [2.24, 2.45) is 0 Å². The molecular weight excluding hydrogens is 404 g/mol. The van der Waals surface area contributed by atoms with Crippen molar-refractivity contribution in [2.45, 2.75) is 38.4 Å². The monoisotopic (exact) mass is 431 g/mol. The van der Waals surface area contributed by atoms with Gasteiger partial charge in [0.2, 0.25) is 0 Å². The third-order valence-electron chi connectivity index (χ3n) is 6.03. The van der Waals surface area contributed by atoms with Crippen LogP contribution in [0.25, 0.3) is 16.6 Å². The lowest BCUT2D eigenvalue weighted by Crippen LogP contribution is -2.50. The van der Waals surface area contributed by atoms with Crippen LogP contribution < -0.4 is 5.32 Å². The minimum absolute atomic E-state index is 0.192. The normalized spacial score (nSPS) is 19.9. The average molecular weight is 431 g/mol. The summed E-state index contributed by atoms with van der Waals surface area (Å²) in [6.45, 7) is 1.37. The number of ether oxygens (including phenoxy) is 1. The second-order valence-electron chi connectivity index (χ2n) is 7.85. The number of alkyl halides is 2. The average Bonchev–Trinajstić information content (AvgIpc) is 3.40. The fourth-order valence-corrected chi connectivity index (χ4v) is 4.15. The van der Waals surface area contributed by atoms with E-state index in [0.717, 1.165) is 30.4 Å². The van der Waals surface area contributed by atoms with Gasteiger partial charge in [0.1, 0.15) is 0 Å². The number of fused-ring (bicyclic) bond motifs is 1. The van der Waals surface area contributed by atoms with E-state index in [1.165, 1.54) is 12.4 Å². The smallest absolute Gasteiger partial charge is 0.333 e. The molecule has 1 amide bonds. The quantitative estimate of drug-likeness (QED) is 0.622. The van der Waals surface area contributed by atoms with Crippen molar-refractivity contribution in [3.8, 4) is 5.69 Å². The molecule has 0 aliphatic carbocycles. The Morgan fingerprint density at radius 3 is 2.77 bits per heavy atom. The van der Waals surface area contributed by atoms with Crippen LogP contribution in [0.15, 0.2) is 42.9 Å². The number of carbonyl (C=O) groups is 1. The van der Waals surface area contributed by atoms with Crippen LogP contribution in [-0.2, 0) is 4.74 Å². The van der Waals surface area contributed by atoms with Gasteiger partial charge in [0.15, 0.2) is 0 Å². The number of nitrogens with one attached hydrogen (secondary N) is 1. The van der Waals surface area contributed by atoms with Gasteiger partial charge >= 0.3 is 6.55 Å². The summed E-state index contributed by atoms with van der Waals surface area (Å²) in [7, 11) is 2.11. The molecule has 0 unspecified atom stereocenters. The highest BCUT2D eigenvalue weighted by atomic mass is 19.3. The first-order chi connectivity index (χ1) is 15.0. The molecule has 3 aromatic rings. The summed E-state index contributed by atoms with van der Waals surface area (Å²) in [5.41, 5.74) is 1.73. The van der Waals surface area contributed by atoms with E-state index < -0.39 is 6.55 Å². The first-order valence-corrected chi connectivity index (χ1v) is 10.5. The van der Waals surface area contributed by atoms with Crippen LogP contribution in [0.1, 0.15) is 36.7 Å². The third-order valence-corrected chi connectivity index (χ3v) is 6.03. The minimum Gasteiger partial charge on any atom is -0.378 e. The van der Waals surface area contributed by atoms with Crippen molar-refractivity contribution in [2.75, 3.05) is 26.8 Å². The summed E-state index contributed by atoms with van der Waals surface area (Å²) in [5, 5.41) is 7.47. The molecule has 1 aromatic carbocycles. The van der Waals surface area contributed by atoms with Gasteiger partial charge in [-0.15, -0.1) is 0 Å². The number of para-hydroxylation sites is 1. The van der Waals surface area contributed by atoms with Crippen LogP contribution in [0.3, 0.4) is 0 Å². The number of aromatic nitrogens is 3. The van der Waals surface area contributed by atoms with E-state index in [9.17, 15) is 13.6 Å². The zero-order valence-electron chi connectivity index (χ0n) is 17.7. The van der Waals surface area contributed by atoms with Crippen LogP contribution in [0, 0.1) is 0 Å². The van der Waals surface area contributed by atoms with Gasteiger partial charge in [-0.1, -0.05) is 25.1 Å². The molecule has 2 aromatic heterocycles.